The number of hydrogen-bond donors (Lipinski definition) is 0. The van der Waals surface area contributed by atoms with Gasteiger partial charge < -0.3 is 14.4 Å². The average molecular weight is 404 g/mol. The zero-order valence-electron chi connectivity index (χ0n) is 16.0. The third-order valence-electron chi connectivity index (χ3n) is 4.67. The molecule has 1 amide bonds. The predicted molar refractivity (Wildman–Crippen MR) is 105 cm³/mol. The molecule has 150 valence electrons. The minimum atomic E-state index is -3.54. The maximum absolute atomic E-state index is 12.7. The molecule has 1 heterocycles. The van der Waals surface area contributed by atoms with Gasteiger partial charge in [0.1, 0.15) is 0 Å². The van der Waals surface area contributed by atoms with Crippen LogP contribution in [0.4, 0.5) is 0 Å². The first-order chi connectivity index (χ1) is 13.4. The summed E-state index contributed by atoms with van der Waals surface area (Å²) in [5, 5.41) is 0. The molecule has 0 atom stereocenters. The molecular weight excluding hydrogens is 380 g/mol. The summed E-state index contributed by atoms with van der Waals surface area (Å²) in [5.74, 6) is 0.876. The van der Waals surface area contributed by atoms with Crippen LogP contribution in [0.2, 0.25) is 0 Å². The number of amides is 1. The number of nitrogens with zero attached hydrogens (tertiary/aromatic N) is 2. The molecule has 1 aliphatic heterocycles. The zero-order chi connectivity index (χ0) is 20.1. The van der Waals surface area contributed by atoms with Crippen LogP contribution in [0.15, 0.2) is 53.4 Å². The van der Waals surface area contributed by atoms with Gasteiger partial charge in [0, 0.05) is 26.2 Å². The topological polar surface area (TPSA) is 76.2 Å². The number of methoxy groups -OCH3 is 1. The van der Waals surface area contributed by atoms with Crippen molar-refractivity contribution in [2.24, 2.45) is 0 Å². The Morgan fingerprint density at radius 3 is 2.18 bits per heavy atom. The third kappa shape index (κ3) is 4.45. The molecule has 0 saturated carbocycles. The Bertz CT molecular complexity index is 920. The van der Waals surface area contributed by atoms with E-state index in [2.05, 4.69) is 0 Å². The fraction of sp³-hybridized carbons (Fsp3) is 0.350. The number of aryl methyl sites for hydroxylation is 1. The van der Waals surface area contributed by atoms with Crippen molar-refractivity contribution in [2.45, 2.75) is 11.8 Å². The Hall–Kier alpha value is -2.58. The fourth-order valence-electron chi connectivity index (χ4n) is 3.01. The highest BCUT2D eigenvalue weighted by Crippen LogP contribution is 2.25. The van der Waals surface area contributed by atoms with Crippen LogP contribution in [0.3, 0.4) is 0 Å². The maximum Gasteiger partial charge on any atom is 0.260 e. The van der Waals surface area contributed by atoms with Crippen molar-refractivity contribution in [1.29, 1.82) is 0 Å². The van der Waals surface area contributed by atoms with Gasteiger partial charge in [-0.25, -0.2) is 8.42 Å². The van der Waals surface area contributed by atoms with Gasteiger partial charge in [-0.2, -0.15) is 4.31 Å². The molecule has 0 aromatic heterocycles. The van der Waals surface area contributed by atoms with E-state index >= 15 is 0 Å². The van der Waals surface area contributed by atoms with Crippen LogP contribution in [0.25, 0.3) is 0 Å². The predicted octanol–water partition coefficient (Wildman–Crippen LogP) is 1.92. The van der Waals surface area contributed by atoms with Gasteiger partial charge in [0.15, 0.2) is 18.1 Å². The number of sulfonamides is 1. The second-order valence-corrected chi connectivity index (χ2v) is 8.48. The fourth-order valence-corrected chi connectivity index (χ4v) is 4.43. The van der Waals surface area contributed by atoms with E-state index < -0.39 is 10.0 Å². The van der Waals surface area contributed by atoms with E-state index in [0.29, 0.717) is 24.6 Å². The smallest absolute Gasteiger partial charge is 0.260 e. The number of rotatable bonds is 6. The number of carbonyl (C=O) groups is 1. The summed E-state index contributed by atoms with van der Waals surface area (Å²) in [6.45, 7) is 2.98. The van der Waals surface area contributed by atoms with Crippen molar-refractivity contribution in [3.8, 4) is 11.5 Å². The van der Waals surface area contributed by atoms with Crippen molar-refractivity contribution in [2.75, 3.05) is 39.9 Å². The average Bonchev–Trinajstić information content (AvgIpc) is 2.72. The van der Waals surface area contributed by atoms with Crippen molar-refractivity contribution >= 4 is 15.9 Å². The van der Waals surface area contributed by atoms with Crippen LogP contribution < -0.4 is 9.47 Å². The van der Waals surface area contributed by atoms with E-state index in [-0.39, 0.29) is 30.5 Å². The summed E-state index contributed by atoms with van der Waals surface area (Å²) < 4.78 is 37.7. The minimum Gasteiger partial charge on any atom is -0.493 e. The molecule has 0 radical (unpaired) electrons. The summed E-state index contributed by atoms with van der Waals surface area (Å²) in [6, 6.07) is 13.9. The van der Waals surface area contributed by atoms with Gasteiger partial charge in [0.2, 0.25) is 10.0 Å². The van der Waals surface area contributed by atoms with Crippen molar-refractivity contribution < 1.29 is 22.7 Å². The zero-order valence-corrected chi connectivity index (χ0v) is 16.8. The summed E-state index contributed by atoms with van der Waals surface area (Å²) in [6.07, 6.45) is 0. The number of hydrogen-bond acceptors (Lipinski definition) is 5. The lowest BCUT2D eigenvalue weighted by Crippen LogP contribution is -2.51. The van der Waals surface area contributed by atoms with Crippen molar-refractivity contribution in [3.05, 3.63) is 54.1 Å². The molecule has 0 bridgehead atoms. The van der Waals surface area contributed by atoms with E-state index in [0.717, 1.165) is 5.56 Å². The summed E-state index contributed by atoms with van der Waals surface area (Å²) in [7, 11) is -2.01. The highest BCUT2D eigenvalue weighted by molar-refractivity contribution is 7.89. The Morgan fingerprint density at radius 1 is 0.964 bits per heavy atom. The van der Waals surface area contributed by atoms with Crippen LogP contribution in [-0.2, 0) is 14.8 Å². The molecule has 0 N–H and O–H groups in total. The molecule has 0 unspecified atom stereocenters. The summed E-state index contributed by atoms with van der Waals surface area (Å²) >= 11 is 0. The molecule has 28 heavy (non-hydrogen) atoms. The molecule has 2 aromatic carbocycles. The lowest BCUT2D eigenvalue weighted by Gasteiger charge is -2.34. The number of para-hydroxylation sites is 2. The van der Waals surface area contributed by atoms with Crippen LogP contribution in [0.5, 0.6) is 11.5 Å². The van der Waals surface area contributed by atoms with Gasteiger partial charge in [0.05, 0.1) is 12.0 Å². The van der Waals surface area contributed by atoms with E-state index in [9.17, 15) is 13.2 Å². The molecule has 7 nitrogen and oxygen atoms in total. The van der Waals surface area contributed by atoms with E-state index in [1.807, 2.05) is 13.0 Å². The molecule has 0 spiro atoms. The Balaban J connectivity index is 1.56. The van der Waals surface area contributed by atoms with Crippen LogP contribution in [-0.4, -0.2) is 63.4 Å². The SMILES string of the molecule is COc1ccccc1OCC(=O)N1CCN(S(=O)(=O)c2ccc(C)cc2)CC1. The molecule has 1 aliphatic rings. The second-order valence-electron chi connectivity index (χ2n) is 6.54. The largest absolute Gasteiger partial charge is 0.493 e. The first-order valence-corrected chi connectivity index (χ1v) is 10.5. The quantitative estimate of drug-likeness (QED) is 0.735. The second kappa shape index (κ2) is 8.62. The first-order valence-electron chi connectivity index (χ1n) is 9.02. The van der Waals surface area contributed by atoms with Gasteiger partial charge in [-0.05, 0) is 31.2 Å². The van der Waals surface area contributed by atoms with Gasteiger partial charge in [-0.1, -0.05) is 29.8 Å². The molecular formula is C20H24N2O5S. The van der Waals surface area contributed by atoms with Gasteiger partial charge in [-0.3, -0.25) is 4.79 Å². The summed E-state index contributed by atoms with van der Waals surface area (Å²) in [4.78, 5) is 14.3. The van der Waals surface area contributed by atoms with Gasteiger partial charge in [-0.15, -0.1) is 0 Å². The molecule has 8 heteroatoms. The van der Waals surface area contributed by atoms with Gasteiger partial charge >= 0.3 is 0 Å². The van der Waals surface area contributed by atoms with Crippen molar-refractivity contribution in [1.82, 2.24) is 9.21 Å². The molecule has 0 aliphatic carbocycles. The van der Waals surface area contributed by atoms with Gasteiger partial charge in [0.25, 0.3) is 5.91 Å². The maximum atomic E-state index is 12.7. The Morgan fingerprint density at radius 2 is 1.57 bits per heavy atom. The van der Waals surface area contributed by atoms with E-state index in [1.54, 1.807) is 47.4 Å². The highest BCUT2D eigenvalue weighted by Gasteiger charge is 2.30. The number of ether oxygens (including phenoxy) is 2. The normalized spacial score (nSPS) is 15.3. The molecule has 1 saturated heterocycles. The third-order valence-corrected chi connectivity index (χ3v) is 6.58. The number of benzene rings is 2. The molecule has 3 rings (SSSR count). The first kappa shape index (κ1) is 20.2. The Kier molecular flexibility index (Phi) is 6.21. The minimum absolute atomic E-state index is 0.120. The number of carbonyl (C=O) groups excluding carboxylic acids is 1. The van der Waals surface area contributed by atoms with E-state index in [4.69, 9.17) is 9.47 Å². The molecule has 1 fully saturated rings. The Labute approximate surface area is 165 Å². The summed E-state index contributed by atoms with van der Waals surface area (Å²) in [5.41, 5.74) is 1.00. The van der Waals surface area contributed by atoms with Crippen molar-refractivity contribution in [3.63, 3.8) is 0 Å². The van der Waals surface area contributed by atoms with Crippen LogP contribution in [0.1, 0.15) is 5.56 Å². The van der Waals surface area contributed by atoms with Crippen LogP contribution in [0, 0.1) is 6.92 Å². The van der Waals surface area contributed by atoms with Crippen LogP contribution >= 0.6 is 0 Å². The van der Waals surface area contributed by atoms with E-state index in [1.165, 1.54) is 11.4 Å². The number of piperazine rings is 1. The standard InChI is InChI=1S/C20H24N2O5S/c1-16-7-9-17(10-8-16)28(24,25)22-13-11-21(12-14-22)20(23)15-27-19-6-4-3-5-18(19)26-2/h3-10H,11-15H2,1-2H3. The highest BCUT2D eigenvalue weighted by atomic mass is 32.2. The lowest BCUT2D eigenvalue weighted by atomic mass is 10.2. The lowest BCUT2D eigenvalue weighted by molar-refractivity contribution is -0.134. The molecule has 2 aromatic rings. The monoisotopic (exact) mass is 404 g/mol.